The van der Waals surface area contributed by atoms with E-state index in [1.807, 2.05) is 0 Å². The number of benzene rings is 2. The van der Waals surface area contributed by atoms with Gasteiger partial charge in [0.05, 0.1) is 0 Å². The molecule has 1 amide bonds. The Hall–Kier alpha value is -2.75. The van der Waals surface area contributed by atoms with Gasteiger partial charge in [0, 0.05) is 24.2 Å². The van der Waals surface area contributed by atoms with Crippen LogP contribution in [-0.4, -0.2) is 18.2 Å². The molecule has 0 bridgehead atoms. The molecule has 2 aromatic carbocycles. The maximum Gasteiger partial charge on any atom is 0.227 e. The maximum atomic E-state index is 12.8. The second kappa shape index (κ2) is 6.57. The van der Waals surface area contributed by atoms with Gasteiger partial charge < -0.3 is 4.90 Å². The van der Waals surface area contributed by atoms with Crippen molar-refractivity contribution in [2.45, 2.75) is 12.8 Å². The average molecular weight is 309 g/mol. The molecule has 3 nitrogen and oxygen atoms in total. The molecule has 0 N–H and O–H groups in total. The molecule has 0 aliphatic carbocycles. The van der Waals surface area contributed by atoms with Gasteiger partial charge in [-0.25, -0.2) is 4.39 Å². The number of halogens is 1. The van der Waals surface area contributed by atoms with Gasteiger partial charge in [0.2, 0.25) is 5.91 Å². The molecule has 0 spiro atoms. The lowest BCUT2D eigenvalue weighted by Crippen LogP contribution is -2.23. The Morgan fingerprint density at radius 1 is 1.04 bits per heavy atom. The van der Waals surface area contributed by atoms with Crippen LogP contribution >= 0.6 is 0 Å². The highest BCUT2D eigenvalue weighted by molar-refractivity contribution is 6.07. The number of carbonyl (C=O) groups is 2. The third kappa shape index (κ3) is 3.54. The molecule has 4 heteroatoms. The first-order valence-corrected chi connectivity index (χ1v) is 7.52. The zero-order valence-electron chi connectivity index (χ0n) is 12.5. The summed E-state index contributed by atoms with van der Waals surface area (Å²) in [5.74, 6) is -0.311. The van der Waals surface area contributed by atoms with E-state index in [0.717, 1.165) is 24.2 Å². The summed E-state index contributed by atoms with van der Waals surface area (Å²) in [6.07, 6.45) is 4.57. The number of hydrogen-bond donors (Lipinski definition) is 0. The summed E-state index contributed by atoms with van der Waals surface area (Å²) in [4.78, 5) is 25.6. The fraction of sp³-hybridized carbons (Fsp3) is 0.158. The summed E-state index contributed by atoms with van der Waals surface area (Å²) in [7, 11) is 0. The first-order chi connectivity index (χ1) is 11.1. The molecule has 1 aliphatic rings. The van der Waals surface area contributed by atoms with Crippen molar-refractivity contribution in [1.29, 1.82) is 0 Å². The van der Waals surface area contributed by atoms with Gasteiger partial charge in [-0.2, -0.15) is 0 Å². The minimum Gasteiger partial charge on any atom is -0.312 e. The normalized spacial score (nSPS) is 14.7. The van der Waals surface area contributed by atoms with Crippen molar-refractivity contribution in [2.24, 2.45) is 0 Å². The van der Waals surface area contributed by atoms with Gasteiger partial charge in [-0.15, -0.1) is 0 Å². The zero-order valence-corrected chi connectivity index (χ0v) is 12.5. The van der Waals surface area contributed by atoms with Gasteiger partial charge in [-0.05, 0) is 54.5 Å². The number of carbonyl (C=O) groups excluding carboxylic acids is 2. The van der Waals surface area contributed by atoms with Gasteiger partial charge in [0.1, 0.15) is 5.82 Å². The molecule has 0 unspecified atom stereocenters. The van der Waals surface area contributed by atoms with Gasteiger partial charge in [0.15, 0.2) is 5.78 Å². The van der Waals surface area contributed by atoms with Crippen LogP contribution in [0.15, 0.2) is 54.6 Å². The van der Waals surface area contributed by atoms with E-state index in [2.05, 4.69) is 0 Å². The summed E-state index contributed by atoms with van der Waals surface area (Å²) >= 11 is 0. The van der Waals surface area contributed by atoms with Crippen molar-refractivity contribution in [2.75, 3.05) is 11.4 Å². The summed E-state index contributed by atoms with van der Waals surface area (Å²) in [6.45, 7) is 0.733. The average Bonchev–Trinajstić information content (AvgIpc) is 3.00. The number of ketones is 1. The van der Waals surface area contributed by atoms with Gasteiger partial charge in [-0.3, -0.25) is 9.59 Å². The molecule has 1 saturated heterocycles. The molecular weight excluding hydrogens is 293 g/mol. The summed E-state index contributed by atoms with van der Waals surface area (Å²) < 4.78 is 12.8. The van der Waals surface area contributed by atoms with Crippen molar-refractivity contribution in [1.82, 2.24) is 0 Å². The minimum absolute atomic E-state index is 0.125. The number of allylic oxidation sites excluding steroid dienone is 1. The molecule has 0 radical (unpaired) electrons. The zero-order chi connectivity index (χ0) is 16.2. The van der Waals surface area contributed by atoms with E-state index >= 15 is 0 Å². The Labute approximate surface area is 134 Å². The van der Waals surface area contributed by atoms with Crippen LogP contribution in [-0.2, 0) is 4.79 Å². The highest BCUT2D eigenvalue weighted by Crippen LogP contribution is 2.21. The van der Waals surface area contributed by atoms with E-state index < -0.39 is 0 Å². The lowest BCUT2D eigenvalue weighted by Gasteiger charge is -2.15. The van der Waals surface area contributed by atoms with Crippen molar-refractivity contribution in [3.63, 3.8) is 0 Å². The van der Waals surface area contributed by atoms with Gasteiger partial charge in [0.25, 0.3) is 0 Å². The van der Waals surface area contributed by atoms with E-state index in [4.69, 9.17) is 0 Å². The van der Waals surface area contributed by atoms with Crippen LogP contribution in [0, 0.1) is 5.82 Å². The molecular formula is C19H16FNO2. The van der Waals surface area contributed by atoms with Crippen LogP contribution in [0.4, 0.5) is 10.1 Å². The molecule has 3 rings (SSSR count). The van der Waals surface area contributed by atoms with E-state index in [1.54, 1.807) is 47.4 Å². The molecule has 1 fully saturated rings. The van der Waals surface area contributed by atoms with Crippen LogP contribution < -0.4 is 4.90 Å². The van der Waals surface area contributed by atoms with Crippen LogP contribution in [0.2, 0.25) is 0 Å². The number of rotatable bonds is 4. The Morgan fingerprint density at radius 3 is 2.35 bits per heavy atom. The van der Waals surface area contributed by atoms with E-state index in [9.17, 15) is 14.0 Å². The molecule has 2 aromatic rings. The Morgan fingerprint density at radius 2 is 1.74 bits per heavy atom. The first kappa shape index (κ1) is 15.2. The molecule has 116 valence electrons. The predicted molar refractivity (Wildman–Crippen MR) is 87.8 cm³/mol. The van der Waals surface area contributed by atoms with E-state index in [0.29, 0.717) is 12.0 Å². The molecule has 1 heterocycles. The van der Waals surface area contributed by atoms with Gasteiger partial charge in [-0.1, -0.05) is 18.2 Å². The lowest BCUT2D eigenvalue weighted by molar-refractivity contribution is -0.117. The molecule has 1 aliphatic heterocycles. The number of anilines is 1. The third-order valence-electron chi connectivity index (χ3n) is 3.83. The quantitative estimate of drug-likeness (QED) is 0.635. The van der Waals surface area contributed by atoms with Crippen LogP contribution in [0.5, 0.6) is 0 Å². The van der Waals surface area contributed by atoms with Crippen molar-refractivity contribution >= 4 is 23.5 Å². The highest BCUT2D eigenvalue weighted by atomic mass is 19.1. The molecule has 0 atom stereocenters. The number of amides is 1. The minimum atomic E-state index is -0.305. The van der Waals surface area contributed by atoms with Crippen LogP contribution in [0.3, 0.4) is 0 Å². The second-order valence-electron chi connectivity index (χ2n) is 5.44. The van der Waals surface area contributed by atoms with Crippen molar-refractivity contribution < 1.29 is 14.0 Å². The fourth-order valence-corrected chi connectivity index (χ4v) is 2.57. The Balaban J connectivity index is 1.70. The molecule has 0 aromatic heterocycles. The standard InChI is InChI=1S/C19H16FNO2/c20-16-8-3-14(4-9-16)5-12-18(22)15-6-10-17(11-7-15)21-13-1-2-19(21)23/h3-12H,1-2,13H2/b12-5-. The topological polar surface area (TPSA) is 37.4 Å². The first-order valence-electron chi connectivity index (χ1n) is 7.52. The Bertz CT molecular complexity index is 748. The number of nitrogens with zero attached hydrogens (tertiary/aromatic N) is 1. The third-order valence-corrected chi connectivity index (χ3v) is 3.83. The van der Waals surface area contributed by atoms with Crippen LogP contribution in [0.25, 0.3) is 6.08 Å². The highest BCUT2D eigenvalue weighted by Gasteiger charge is 2.21. The van der Waals surface area contributed by atoms with E-state index in [-0.39, 0.29) is 17.5 Å². The maximum absolute atomic E-state index is 12.8. The SMILES string of the molecule is O=C(/C=C\c1ccc(F)cc1)c1ccc(N2CCCC2=O)cc1. The summed E-state index contributed by atoms with van der Waals surface area (Å²) in [5.41, 5.74) is 2.14. The number of hydrogen-bond acceptors (Lipinski definition) is 2. The Kier molecular flexibility index (Phi) is 4.33. The van der Waals surface area contributed by atoms with E-state index in [1.165, 1.54) is 18.2 Å². The summed E-state index contributed by atoms with van der Waals surface area (Å²) in [6, 6.07) is 13.0. The summed E-state index contributed by atoms with van der Waals surface area (Å²) in [5, 5.41) is 0. The van der Waals surface area contributed by atoms with Crippen molar-refractivity contribution in [3.8, 4) is 0 Å². The predicted octanol–water partition coefficient (Wildman–Crippen LogP) is 3.85. The molecule has 23 heavy (non-hydrogen) atoms. The monoisotopic (exact) mass is 309 g/mol. The second-order valence-corrected chi connectivity index (χ2v) is 5.44. The van der Waals surface area contributed by atoms with Crippen molar-refractivity contribution in [3.05, 3.63) is 71.6 Å². The smallest absolute Gasteiger partial charge is 0.227 e. The van der Waals surface area contributed by atoms with Crippen LogP contribution in [0.1, 0.15) is 28.8 Å². The fourth-order valence-electron chi connectivity index (χ4n) is 2.57. The van der Waals surface area contributed by atoms with Gasteiger partial charge >= 0.3 is 0 Å². The largest absolute Gasteiger partial charge is 0.312 e. The molecule has 0 saturated carbocycles. The lowest BCUT2D eigenvalue weighted by atomic mass is 10.1.